The molecule has 0 aromatic rings. The van der Waals surface area contributed by atoms with Gasteiger partial charge in [0.1, 0.15) is 11.6 Å². The summed E-state index contributed by atoms with van der Waals surface area (Å²) in [5.41, 5.74) is 0. The highest BCUT2D eigenvalue weighted by Gasteiger charge is 2.31. The third-order valence-corrected chi connectivity index (χ3v) is 0.902. The Morgan fingerprint density at radius 3 is 2.11 bits per heavy atom. The molecule has 9 heavy (non-hydrogen) atoms. The first-order valence-corrected chi connectivity index (χ1v) is 2.37. The summed E-state index contributed by atoms with van der Waals surface area (Å²) in [5.74, 6) is 0. The highest BCUT2D eigenvalue weighted by Crippen LogP contribution is 2.27. The zero-order chi connectivity index (χ0) is 7.49. The van der Waals surface area contributed by atoms with E-state index in [1.165, 1.54) is 0 Å². The molecule has 0 saturated heterocycles. The Morgan fingerprint density at radius 1 is 1.56 bits per heavy atom. The van der Waals surface area contributed by atoms with Crippen molar-refractivity contribution in [3.05, 3.63) is 11.1 Å². The van der Waals surface area contributed by atoms with Crippen LogP contribution < -0.4 is 0 Å². The van der Waals surface area contributed by atoms with Gasteiger partial charge in [0.25, 0.3) is 0 Å². The molecule has 0 aliphatic rings. The summed E-state index contributed by atoms with van der Waals surface area (Å²) in [6, 6.07) is 0. The molecule has 0 aromatic heterocycles. The minimum atomic E-state index is -4.56. The van der Waals surface area contributed by atoms with Gasteiger partial charge >= 0.3 is 6.18 Å². The molecule has 0 spiro atoms. The maximum Gasteiger partial charge on any atom is 0.426 e. The predicted octanol–water partition coefficient (Wildman–Crippen LogP) is 2.10. The summed E-state index contributed by atoms with van der Waals surface area (Å²) in [6.45, 7) is -0.946. The maximum atomic E-state index is 11.3. The van der Waals surface area contributed by atoms with E-state index in [1.807, 2.05) is 0 Å². The summed E-state index contributed by atoms with van der Waals surface area (Å²) in [4.78, 5) is 0. The molecule has 5 heteroatoms. The van der Waals surface area contributed by atoms with E-state index in [0.717, 1.165) is 0 Å². The van der Waals surface area contributed by atoms with Gasteiger partial charge < -0.3 is 0 Å². The van der Waals surface area contributed by atoms with Gasteiger partial charge in [0.2, 0.25) is 0 Å². The van der Waals surface area contributed by atoms with Gasteiger partial charge in [0, 0.05) is 0 Å². The van der Waals surface area contributed by atoms with Crippen LogP contribution in [0.25, 0.3) is 0 Å². The number of hydrogen-bond acceptors (Lipinski definition) is 0. The van der Waals surface area contributed by atoms with Crippen molar-refractivity contribution in [1.82, 2.24) is 0 Å². The van der Waals surface area contributed by atoms with Crippen molar-refractivity contribution < 1.29 is 18.3 Å². The molecule has 1 radical (unpaired) electrons. The SMILES string of the molecule is [O]C/C=C(\Cl)C(F)(F)F. The molecule has 0 aliphatic carbocycles. The summed E-state index contributed by atoms with van der Waals surface area (Å²) in [6.07, 6.45) is -4.19. The number of hydrogen-bond donors (Lipinski definition) is 0. The Bertz CT molecular complexity index is 117. The van der Waals surface area contributed by atoms with Crippen LogP contribution in [0, 0.1) is 0 Å². The number of halogens is 4. The second-order valence-electron chi connectivity index (χ2n) is 1.22. The molecule has 0 atom stereocenters. The van der Waals surface area contributed by atoms with Gasteiger partial charge in [0.05, 0.1) is 0 Å². The first kappa shape index (κ1) is 8.78. The fourth-order valence-electron chi connectivity index (χ4n) is 0.189. The van der Waals surface area contributed by atoms with Crippen LogP contribution in [0.5, 0.6) is 0 Å². The van der Waals surface area contributed by atoms with Crippen LogP contribution in [0.3, 0.4) is 0 Å². The number of allylic oxidation sites excluding steroid dienone is 1. The first-order chi connectivity index (χ1) is 3.98. The zero-order valence-electron chi connectivity index (χ0n) is 4.20. The summed E-state index contributed by atoms with van der Waals surface area (Å²) in [5, 5.41) is 8.18. The van der Waals surface area contributed by atoms with Crippen LogP contribution in [0.1, 0.15) is 0 Å². The molecule has 0 rings (SSSR count). The highest BCUT2D eigenvalue weighted by molar-refractivity contribution is 6.30. The second-order valence-corrected chi connectivity index (χ2v) is 1.62. The van der Waals surface area contributed by atoms with Crippen LogP contribution >= 0.6 is 11.6 Å². The Morgan fingerprint density at radius 2 is 2.00 bits per heavy atom. The lowest BCUT2D eigenvalue weighted by Crippen LogP contribution is -2.07. The molecule has 1 nitrogen and oxygen atoms in total. The average Bonchev–Trinajstić information content (AvgIpc) is 1.64. The van der Waals surface area contributed by atoms with Crippen molar-refractivity contribution in [2.75, 3.05) is 6.61 Å². The molecule has 0 N–H and O–H groups in total. The number of alkyl halides is 3. The number of rotatable bonds is 1. The van der Waals surface area contributed by atoms with Crippen molar-refractivity contribution in [2.24, 2.45) is 0 Å². The molecular formula is C4H3ClF3O. The van der Waals surface area contributed by atoms with Crippen molar-refractivity contribution in [2.45, 2.75) is 6.18 Å². The van der Waals surface area contributed by atoms with E-state index in [2.05, 4.69) is 11.6 Å². The largest absolute Gasteiger partial charge is 0.426 e. The predicted molar refractivity (Wildman–Crippen MR) is 25.5 cm³/mol. The maximum absolute atomic E-state index is 11.3. The Hall–Kier alpha value is -0.220. The Balaban J connectivity index is 4.03. The van der Waals surface area contributed by atoms with Crippen molar-refractivity contribution in [3.8, 4) is 0 Å². The van der Waals surface area contributed by atoms with Crippen LogP contribution in [0.15, 0.2) is 11.1 Å². The van der Waals surface area contributed by atoms with Crippen LogP contribution in [0.4, 0.5) is 13.2 Å². The first-order valence-electron chi connectivity index (χ1n) is 1.99. The fraction of sp³-hybridized carbons (Fsp3) is 0.500. The van der Waals surface area contributed by atoms with Gasteiger partial charge in [-0.1, -0.05) is 11.6 Å². The van der Waals surface area contributed by atoms with Gasteiger partial charge in [-0.15, -0.1) is 0 Å². The molecule has 0 aliphatic heterocycles. The quantitative estimate of drug-likeness (QED) is 0.559. The van der Waals surface area contributed by atoms with E-state index in [0.29, 0.717) is 6.08 Å². The normalized spacial score (nSPS) is 14.1. The van der Waals surface area contributed by atoms with Gasteiger partial charge in [0.15, 0.2) is 0 Å². The van der Waals surface area contributed by atoms with E-state index in [4.69, 9.17) is 0 Å². The van der Waals surface area contributed by atoms with E-state index in [1.54, 1.807) is 0 Å². The van der Waals surface area contributed by atoms with Crippen molar-refractivity contribution in [3.63, 3.8) is 0 Å². The minimum Gasteiger partial charge on any atom is -0.232 e. The smallest absolute Gasteiger partial charge is 0.232 e. The molecule has 53 valence electrons. The lowest BCUT2D eigenvalue weighted by atomic mass is 10.5. The summed E-state index contributed by atoms with van der Waals surface area (Å²) >= 11 is 4.59. The molecule has 0 amide bonds. The molecule has 0 aromatic carbocycles. The van der Waals surface area contributed by atoms with E-state index >= 15 is 0 Å². The van der Waals surface area contributed by atoms with Gasteiger partial charge in [-0.25, -0.2) is 5.11 Å². The van der Waals surface area contributed by atoms with Crippen LogP contribution in [-0.2, 0) is 5.11 Å². The minimum absolute atomic E-state index is 0.377. The molecule has 0 saturated carbocycles. The molecule has 0 unspecified atom stereocenters. The topological polar surface area (TPSA) is 19.9 Å². The van der Waals surface area contributed by atoms with E-state index in [-0.39, 0.29) is 0 Å². The van der Waals surface area contributed by atoms with E-state index < -0.39 is 17.8 Å². The van der Waals surface area contributed by atoms with Crippen LogP contribution in [-0.4, -0.2) is 12.8 Å². The molecular weight excluding hydrogens is 156 g/mol. The van der Waals surface area contributed by atoms with Crippen molar-refractivity contribution in [1.29, 1.82) is 0 Å². The third kappa shape index (κ3) is 3.37. The Labute approximate surface area is 54.7 Å². The standard InChI is InChI=1S/C4H3ClF3O/c5-3(1-2-9)4(6,7)8/h1H,2H2/b3-1-. The van der Waals surface area contributed by atoms with Gasteiger partial charge in [-0.05, 0) is 6.08 Å². The lowest BCUT2D eigenvalue weighted by Gasteiger charge is -2.01. The van der Waals surface area contributed by atoms with E-state index in [9.17, 15) is 18.3 Å². The molecule has 0 heterocycles. The molecule has 0 bridgehead atoms. The monoisotopic (exact) mass is 159 g/mol. The second kappa shape index (κ2) is 3.08. The Kier molecular flexibility index (Phi) is 3.00. The average molecular weight is 160 g/mol. The zero-order valence-corrected chi connectivity index (χ0v) is 4.96. The van der Waals surface area contributed by atoms with Gasteiger partial charge in [-0.2, -0.15) is 13.2 Å². The third-order valence-electron chi connectivity index (χ3n) is 0.533. The fourth-order valence-corrected chi connectivity index (χ4v) is 0.252. The summed E-state index contributed by atoms with van der Waals surface area (Å²) < 4.78 is 33.9. The summed E-state index contributed by atoms with van der Waals surface area (Å²) in [7, 11) is 0. The molecule has 0 fully saturated rings. The highest BCUT2D eigenvalue weighted by atomic mass is 35.5. The van der Waals surface area contributed by atoms with Gasteiger partial charge in [-0.3, -0.25) is 0 Å². The van der Waals surface area contributed by atoms with Crippen molar-refractivity contribution >= 4 is 11.6 Å². The lowest BCUT2D eigenvalue weighted by molar-refractivity contribution is -0.0850. The van der Waals surface area contributed by atoms with Crippen LogP contribution in [0.2, 0.25) is 0 Å².